The van der Waals surface area contributed by atoms with Crippen LogP contribution < -0.4 is 5.32 Å². The number of phenolic OH excluding ortho intramolecular Hbond substituents is 1. The summed E-state index contributed by atoms with van der Waals surface area (Å²) in [5, 5.41) is 12.8. The van der Waals surface area contributed by atoms with Crippen LogP contribution in [0.25, 0.3) is 0 Å². The first-order valence-electron chi connectivity index (χ1n) is 7.45. The first-order chi connectivity index (χ1) is 9.22. The molecule has 3 rings (SSSR count). The molecular weight excluding hydrogens is 236 g/mol. The number of benzene rings is 1. The quantitative estimate of drug-likeness (QED) is 0.867. The number of nitrogens with zero attached hydrogens (tertiary/aromatic N) is 1. The highest BCUT2D eigenvalue weighted by Crippen LogP contribution is 2.28. The van der Waals surface area contributed by atoms with Crippen molar-refractivity contribution >= 4 is 0 Å². The second kappa shape index (κ2) is 5.51. The molecule has 2 heterocycles. The van der Waals surface area contributed by atoms with Crippen molar-refractivity contribution in [2.24, 2.45) is 11.8 Å². The molecule has 3 unspecified atom stereocenters. The molecule has 1 aromatic carbocycles. The van der Waals surface area contributed by atoms with Crippen LogP contribution in [0.15, 0.2) is 24.3 Å². The summed E-state index contributed by atoms with van der Waals surface area (Å²) >= 11 is 0. The van der Waals surface area contributed by atoms with Crippen LogP contribution >= 0.6 is 0 Å². The molecule has 0 aromatic heterocycles. The number of hydrogen-bond donors (Lipinski definition) is 2. The second-order valence-electron chi connectivity index (χ2n) is 6.19. The molecule has 1 aromatic rings. The van der Waals surface area contributed by atoms with Crippen molar-refractivity contribution in [2.45, 2.75) is 25.8 Å². The maximum absolute atomic E-state index is 9.28. The van der Waals surface area contributed by atoms with E-state index in [0.29, 0.717) is 11.8 Å². The van der Waals surface area contributed by atoms with Gasteiger partial charge in [-0.2, -0.15) is 0 Å². The summed E-state index contributed by atoms with van der Waals surface area (Å²) in [5.74, 6) is 2.13. The fourth-order valence-corrected chi connectivity index (χ4v) is 3.47. The van der Waals surface area contributed by atoms with E-state index in [1.807, 2.05) is 12.1 Å². The SMILES string of the molecule is CC(CCc1ccc(O)cc1)N1CC2CNCC2C1. The highest BCUT2D eigenvalue weighted by atomic mass is 16.3. The molecule has 3 nitrogen and oxygen atoms in total. The van der Waals surface area contributed by atoms with Gasteiger partial charge in [-0.1, -0.05) is 12.1 Å². The first kappa shape index (κ1) is 12.9. The van der Waals surface area contributed by atoms with Gasteiger partial charge in [0.15, 0.2) is 0 Å². The Kier molecular flexibility index (Phi) is 3.76. The van der Waals surface area contributed by atoms with E-state index in [9.17, 15) is 5.11 Å². The van der Waals surface area contributed by atoms with E-state index in [1.165, 1.54) is 38.2 Å². The fourth-order valence-electron chi connectivity index (χ4n) is 3.47. The molecule has 2 saturated heterocycles. The average Bonchev–Trinajstić information content (AvgIpc) is 2.98. The van der Waals surface area contributed by atoms with Gasteiger partial charge in [-0.25, -0.2) is 0 Å². The normalized spacial score (nSPS) is 28.5. The Balaban J connectivity index is 1.49. The van der Waals surface area contributed by atoms with Crippen LogP contribution in [0, 0.1) is 11.8 Å². The number of likely N-dealkylation sites (tertiary alicyclic amines) is 1. The van der Waals surface area contributed by atoms with Crippen molar-refractivity contribution in [1.82, 2.24) is 10.2 Å². The number of hydrogen-bond acceptors (Lipinski definition) is 3. The lowest BCUT2D eigenvalue weighted by Crippen LogP contribution is -2.34. The maximum atomic E-state index is 9.28. The minimum atomic E-state index is 0.358. The lowest BCUT2D eigenvalue weighted by Gasteiger charge is -2.25. The molecule has 2 aliphatic rings. The van der Waals surface area contributed by atoms with E-state index >= 15 is 0 Å². The van der Waals surface area contributed by atoms with Gasteiger partial charge in [0.1, 0.15) is 5.75 Å². The van der Waals surface area contributed by atoms with Crippen molar-refractivity contribution in [2.75, 3.05) is 26.2 Å². The van der Waals surface area contributed by atoms with Gasteiger partial charge in [0.25, 0.3) is 0 Å². The zero-order valence-electron chi connectivity index (χ0n) is 11.7. The molecule has 2 fully saturated rings. The molecule has 104 valence electrons. The highest BCUT2D eigenvalue weighted by molar-refractivity contribution is 5.25. The minimum absolute atomic E-state index is 0.358. The number of rotatable bonds is 4. The molecule has 2 N–H and O–H groups in total. The second-order valence-corrected chi connectivity index (χ2v) is 6.19. The van der Waals surface area contributed by atoms with E-state index in [1.54, 1.807) is 12.1 Å². The maximum Gasteiger partial charge on any atom is 0.115 e. The van der Waals surface area contributed by atoms with Gasteiger partial charge in [-0.3, -0.25) is 4.90 Å². The summed E-state index contributed by atoms with van der Waals surface area (Å²) in [6.45, 7) is 7.33. The van der Waals surface area contributed by atoms with Crippen LogP contribution in [0.3, 0.4) is 0 Å². The van der Waals surface area contributed by atoms with Crippen molar-refractivity contribution in [3.05, 3.63) is 29.8 Å². The topological polar surface area (TPSA) is 35.5 Å². The number of phenols is 1. The van der Waals surface area contributed by atoms with Crippen molar-refractivity contribution < 1.29 is 5.11 Å². The van der Waals surface area contributed by atoms with Gasteiger partial charge in [-0.15, -0.1) is 0 Å². The molecule has 2 aliphatic heterocycles. The molecule has 3 atom stereocenters. The van der Waals surface area contributed by atoms with E-state index in [0.717, 1.165) is 18.3 Å². The van der Waals surface area contributed by atoms with Crippen LogP contribution in [0.2, 0.25) is 0 Å². The third-order valence-electron chi connectivity index (χ3n) is 4.83. The zero-order chi connectivity index (χ0) is 13.2. The monoisotopic (exact) mass is 260 g/mol. The van der Waals surface area contributed by atoms with Gasteiger partial charge < -0.3 is 10.4 Å². The first-order valence-corrected chi connectivity index (χ1v) is 7.45. The third-order valence-corrected chi connectivity index (χ3v) is 4.83. The largest absolute Gasteiger partial charge is 0.508 e. The van der Waals surface area contributed by atoms with Gasteiger partial charge in [-0.05, 0) is 62.4 Å². The molecule has 0 saturated carbocycles. The van der Waals surface area contributed by atoms with Crippen molar-refractivity contribution in [1.29, 1.82) is 0 Å². The summed E-state index contributed by atoms with van der Waals surface area (Å²) in [6.07, 6.45) is 2.31. The molecule has 0 bridgehead atoms. The molecule has 19 heavy (non-hydrogen) atoms. The van der Waals surface area contributed by atoms with E-state index in [2.05, 4.69) is 17.1 Å². The van der Waals surface area contributed by atoms with Crippen LogP contribution in [0.1, 0.15) is 18.9 Å². The predicted molar refractivity (Wildman–Crippen MR) is 77.3 cm³/mol. The van der Waals surface area contributed by atoms with Crippen LogP contribution in [0.4, 0.5) is 0 Å². The van der Waals surface area contributed by atoms with Crippen LogP contribution in [-0.4, -0.2) is 42.2 Å². The summed E-state index contributed by atoms with van der Waals surface area (Å²) in [4.78, 5) is 2.66. The van der Waals surface area contributed by atoms with E-state index in [-0.39, 0.29) is 0 Å². The van der Waals surface area contributed by atoms with E-state index in [4.69, 9.17) is 0 Å². The van der Waals surface area contributed by atoms with Gasteiger partial charge in [0.05, 0.1) is 0 Å². The Labute approximate surface area is 115 Å². The Hall–Kier alpha value is -1.06. The highest BCUT2D eigenvalue weighted by Gasteiger charge is 2.37. The third kappa shape index (κ3) is 2.93. The van der Waals surface area contributed by atoms with Crippen molar-refractivity contribution in [3.63, 3.8) is 0 Å². The predicted octanol–water partition coefficient (Wildman–Crippen LogP) is 1.86. The van der Waals surface area contributed by atoms with Crippen LogP contribution in [-0.2, 0) is 6.42 Å². The summed E-state index contributed by atoms with van der Waals surface area (Å²) in [6, 6.07) is 8.30. The van der Waals surface area contributed by atoms with Crippen molar-refractivity contribution in [3.8, 4) is 5.75 Å². The number of aromatic hydroxyl groups is 1. The molecule has 0 radical (unpaired) electrons. The minimum Gasteiger partial charge on any atom is -0.508 e. The van der Waals surface area contributed by atoms with E-state index < -0.39 is 0 Å². The Morgan fingerprint density at radius 2 is 1.84 bits per heavy atom. The van der Waals surface area contributed by atoms with Gasteiger partial charge in [0.2, 0.25) is 0 Å². The molecule has 3 heteroatoms. The Morgan fingerprint density at radius 3 is 2.47 bits per heavy atom. The average molecular weight is 260 g/mol. The van der Waals surface area contributed by atoms with Gasteiger partial charge >= 0.3 is 0 Å². The lowest BCUT2D eigenvalue weighted by atomic mass is 10.0. The number of nitrogens with one attached hydrogen (secondary N) is 1. The molecule has 0 aliphatic carbocycles. The molecular formula is C16H24N2O. The Morgan fingerprint density at radius 1 is 1.21 bits per heavy atom. The summed E-state index contributed by atoms with van der Waals surface area (Å²) < 4.78 is 0. The molecule has 0 amide bonds. The summed E-state index contributed by atoms with van der Waals surface area (Å²) in [7, 11) is 0. The smallest absolute Gasteiger partial charge is 0.115 e. The fraction of sp³-hybridized carbons (Fsp3) is 0.625. The standard InChI is InChI=1S/C16H24N2O/c1-12(2-3-13-4-6-16(19)7-5-13)18-10-14-8-17-9-15(14)11-18/h4-7,12,14-15,17,19H,2-3,8-11H2,1H3. The number of fused-ring (bicyclic) bond motifs is 1. The lowest BCUT2D eigenvalue weighted by molar-refractivity contribution is 0.230. The molecule has 0 spiro atoms. The summed E-state index contributed by atoms with van der Waals surface area (Å²) in [5.41, 5.74) is 1.32. The number of aryl methyl sites for hydroxylation is 1. The Bertz CT molecular complexity index is 405. The van der Waals surface area contributed by atoms with Crippen LogP contribution in [0.5, 0.6) is 5.75 Å². The zero-order valence-corrected chi connectivity index (χ0v) is 11.7. The van der Waals surface area contributed by atoms with Gasteiger partial charge in [0, 0.05) is 19.1 Å².